The number of carbonyl (C=O) groups is 1. The van der Waals surface area contributed by atoms with E-state index in [-0.39, 0.29) is 6.04 Å². The Morgan fingerprint density at radius 3 is 2.47 bits per heavy atom. The van der Waals surface area contributed by atoms with Crippen molar-refractivity contribution in [1.82, 2.24) is 9.55 Å². The maximum atomic E-state index is 12.6. The van der Waals surface area contributed by atoms with Crippen LogP contribution in [0.3, 0.4) is 0 Å². The lowest BCUT2D eigenvalue weighted by atomic mass is 9.75. The first-order valence-corrected chi connectivity index (χ1v) is 9.85. The lowest BCUT2D eigenvalue weighted by molar-refractivity contribution is -0.144. The van der Waals surface area contributed by atoms with Crippen molar-refractivity contribution in [1.29, 1.82) is 0 Å². The second-order valence-electron chi connectivity index (χ2n) is 7.64. The van der Waals surface area contributed by atoms with E-state index in [9.17, 15) is 9.90 Å². The summed E-state index contributed by atoms with van der Waals surface area (Å²) < 4.78 is 7.24. The SMILES string of the molecule is COc1ccc2cc(C(C)(C(=O)O)C(C)n3ccnc3-c3ccccc3)ccc2c1. The fourth-order valence-corrected chi connectivity index (χ4v) is 3.93. The van der Waals surface area contributed by atoms with E-state index in [2.05, 4.69) is 4.98 Å². The minimum absolute atomic E-state index is 0.372. The zero-order valence-corrected chi connectivity index (χ0v) is 17.2. The van der Waals surface area contributed by atoms with Crippen LogP contribution in [0.2, 0.25) is 0 Å². The van der Waals surface area contributed by atoms with Crippen molar-refractivity contribution in [2.24, 2.45) is 0 Å². The summed E-state index contributed by atoms with van der Waals surface area (Å²) in [6.45, 7) is 3.71. The summed E-state index contributed by atoms with van der Waals surface area (Å²) in [6.07, 6.45) is 3.56. The highest BCUT2D eigenvalue weighted by molar-refractivity contribution is 5.88. The maximum absolute atomic E-state index is 12.6. The van der Waals surface area contributed by atoms with Crippen molar-refractivity contribution < 1.29 is 14.6 Å². The van der Waals surface area contributed by atoms with Gasteiger partial charge >= 0.3 is 5.97 Å². The van der Waals surface area contributed by atoms with Gasteiger partial charge in [-0.05, 0) is 48.4 Å². The van der Waals surface area contributed by atoms with E-state index in [4.69, 9.17) is 4.74 Å². The zero-order valence-electron chi connectivity index (χ0n) is 17.2. The average Bonchev–Trinajstić information content (AvgIpc) is 3.27. The Hall–Kier alpha value is -3.60. The van der Waals surface area contributed by atoms with Gasteiger partial charge in [0.05, 0.1) is 13.2 Å². The molecule has 0 aliphatic heterocycles. The Labute approximate surface area is 175 Å². The number of benzene rings is 3. The molecule has 4 aromatic rings. The molecule has 2 unspecified atom stereocenters. The van der Waals surface area contributed by atoms with E-state index in [0.29, 0.717) is 0 Å². The molecule has 0 aliphatic carbocycles. The lowest BCUT2D eigenvalue weighted by Crippen LogP contribution is -2.40. The zero-order chi connectivity index (χ0) is 21.3. The van der Waals surface area contributed by atoms with E-state index in [0.717, 1.165) is 33.5 Å². The molecule has 1 aromatic heterocycles. The van der Waals surface area contributed by atoms with Gasteiger partial charge in [-0.15, -0.1) is 0 Å². The third-order valence-electron chi connectivity index (χ3n) is 6.04. The number of hydrogen-bond acceptors (Lipinski definition) is 3. The number of ether oxygens (including phenoxy) is 1. The van der Waals surface area contributed by atoms with E-state index in [1.807, 2.05) is 84.4 Å². The standard InChI is InChI=1S/C25H24N2O3/c1-17(27-14-13-26-23(27)18-7-5-4-6-8-18)25(2,24(28)29)21-11-9-20-16-22(30-3)12-10-19(20)15-21/h4-17H,1-3H3,(H,28,29). The number of rotatable bonds is 6. The molecule has 1 N–H and O–H groups in total. The van der Waals surface area contributed by atoms with Crippen molar-refractivity contribution in [3.63, 3.8) is 0 Å². The predicted octanol–water partition coefficient (Wildman–Crippen LogP) is 5.32. The summed E-state index contributed by atoms with van der Waals surface area (Å²) in [5.74, 6) is 0.646. The third-order valence-corrected chi connectivity index (χ3v) is 6.04. The molecule has 30 heavy (non-hydrogen) atoms. The Morgan fingerprint density at radius 2 is 1.77 bits per heavy atom. The summed E-state index contributed by atoms with van der Waals surface area (Å²) >= 11 is 0. The lowest BCUT2D eigenvalue weighted by Gasteiger charge is -2.34. The molecule has 152 valence electrons. The van der Waals surface area contributed by atoms with Crippen molar-refractivity contribution >= 4 is 16.7 Å². The molecule has 0 saturated heterocycles. The molecule has 0 aliphatic rings. The van der Waals surface area contributed by atoms with Crippen LogP contribution in [0.15, 0.2) is 79.1 Å². The molecule has 5 nitrogen and oxygen atoms in total. The van der Waals surface area contributed by atoms with Gasteiger partial charge in [-0.3, -0.25) is 4.79 Å². The number of nitrogens with zero attached hydrogens (tertiary/aromatic N) is 2. The van der Waals surface area contributed by atoms with Crippen LogP contribution in [0.5, 0.6) is 5.75 Å². The normalized spacial score (nSPS) is 14.2. The van der Waals surface area contributed by atoms with Gasteiger partial charge in [0.1, 0.15) is 17.0 Å². The first-order valence-electron chi connectivity index (χ1n) is 9.85. The van der Waals surface area contributed by atoms with Gasteiger partial charge in [-0.1, -0.05) is 48.5 Å². The molecular formula is C25H24N2O3. The maximum Gasteiger partial charge on any atom is 0.315 e. The molecule has 0 saturated carbocycles. The predicted molar refractivity (Wildman–Crippen MR) is 118 cm³/mol. The number of hydrogen-bond donors (Lipinski definition) is 1. The summed E-state index contributed by atoms with van der Waals surface area (Å²) in [5.41, 5.74) is 0.541. The van der Waals surface area contributed by atoms with Crippen molar-refractivity contribution in [3.05, 3.63) is 84.7 Å². The highest BCUT2D eigenvalue weighted by Crippen LogP contribution is 2.39. The molecule has 0 bridgehead atoms. The number of fused-ring (bicyclic) bond motifs is 1. The van der Waals surface area contributed by atoms with Crippen molar-refractivity contribution in [3.8, 4) is 17.1 Å². The van der Waals surface area contributed by atoms with E-state index >= 15 is 0 Å². The van der Waals surface area contributed by atoms with E-state index in [1.54, 1.807) is 20.2 Å². The van der Waals surface area contributed by atoms with Crippen LogP contribution in [0, 0.1) is 0 Å². The topological polar surface area (TPSA) is 64.3 Å². The highest BCUT2D eigenvalue weighted by atomic mass is 16.5. The van der Waals surface area contributed by atoms with Gasteiger partial charge in [-0.25, -0.2) is 4.98 Å². The summed E-state index contributed by atoms with van der Waals surface area (Å²) in [6, 6.07) is 21.0. The molecule has 5 heteroatoms. The first-order chi connectivity index (χ1) is 14.4. The van der Waals surface area contributed by atoms with Gasteiger partial charge in [0.15, 0.2) is 0 Å². The minimum Gasteiger partial charge on any atom is -0.497 e. The number of carboxylic acids is 1. The van der Waals surface area contributed by atoms with Crippen molar-refractivity contribution in [2.75, 3.05) is 7.11 Å². The minimum atomic E-state index is -1.15. The number of carboxylic acid groups (broad SMARTS) is 1. The molecule has 1 heterocycles. The Morgan fingerprint density at radius 1 is 1.07 bits per heavy atom. The van der Waals surface area contributed by atoms with E-state index < -0.39 is 11.4 Å². The third kappa shape index (κ3) is 3.22. The molecule has 0 fully saturated rings. The molecule has 2 atom stereocenters. The van der Waals surface area contributed by atoms with Crippen molar-refractivity contribution in [2.45, 2.75) is 25.3 Å². The fourth-order valence-electron chi connectivity index (χ4n) is 3.93. The number of imidazole rings is 1. The fraction of sp³-hybridized carbons (Fsp3) is 0.200. The molecule has 0 radical (unpaired) electrons. The van der Waals surface area contributed by atoms with Crippen LogP contribution >= 0.6 is 0 Å². The molecular weight excluding hydrogens is 376 g/mol. The van der Waals surface area contributed by atoms with Gasteiger partial charge in [0, 0.05) is 18.0 Å². The highest BCUT2D eigenvalue weighted by Gasteiger charge is 2.42. The molecule has 0 spiro atoms. The average molecular weight is 400 g/mol. The quantitative estimate of drug-likeness (QED) is 0.476. The van der Waals surface area contributed by atoms with Crippen LogP contribution in [-0.4, -0.2) is 27.7 Å². The second-order valence-corrected chi connectivity index (χ2v) is 7.64. The van der Waals surface area contributed by atoms with Crippen LogP contribution in [0.25, 0.3) is 22.2 Å². The van der Waals surface area contributed by atoms with Crippen LogP contribution < -0.4 is 4.74 Å². The second kappa shape index (κ2) is 7.67. The Balaban J connectivity index is 1.81. The summed E-state index contributed by atoms with van der Waals surface area (Å²) in [4.78, 5) is 17.1. The van der Waals surface area contributed by atoms with Crippen LogP contribution in [-0.2, 0) is 10.2 Å². The monoisotopic (exact) mass is 400 g/mol. The first kappa shape index (κ1) is 19.7. The Kier molecular flexibility index (Phi) is 5.04. The number of aliphatic carboxylic acids is 1. The largest absolute Gasteiger partial charge is 0.497 e. The Bertz CT molecular complexity index is 1200. The van der Waals surface area contributed by atoms with Crippen LogP contribution in [0.4, 0.5) is 0 Å². The smallest absolute Gasteiger partial charge is 0.315 e. The number of methoxy groups -OCH3 is 1. The van der Waals surface area contributed by atoms with Gasteiger partial charge in [-0.2, -0.15) is 0 Å². The van der Waals surface area contributed by atoms with E-state index in [1.165, 1.54) is 0 Å². The van der Waals surface area contributed by atoms with Gasteiger partial charge in [0.2, 0.25) is 0 Å². The molecule has 0 amide bonds. The van der Waals surface area contributed by atoms with Gasteiger partial charge in [0.25, 0.3) is 0 Å². The van der Waals surface area contributed by atoms with Crippen LogP contribution in [0.1, 0.15) is 25.5 Å². The summed E-state index contributed by atoms with van der Waals surface area (Å²) in [5, 5.41) is 12.3. The molecule has 4 rings (SSSR count). The molecule has 3 aromatic carbocycles. The number of aromatic nitrogens is 2. The summed E-state index contributed by atoms with van der Waals surface area (Å²) in [7, 11) is 1.63. The van der Waals surface area contributed by atoms with Gasteiger partial charge < -0.3 is 14.4 Å².